The van der Waals surface area contributed by atoms with Gasteiger partial charge in [-0.15, -0.1) is 5.10 Å². The molecule has 0 bridgehead atoms. The van der Waals surface area contributed by atoms with Gasteiger partial charge in [-0.25, -0.2) is 14.5 Å². The molecule has 1 amide bonds. The Kier molecular flexibility index (Phi) is 5.36. The average molecular weight is 367 g/mol. The maximum absolute atomic E-state index is 10.8. The first-order valence-electron chi connectivity index (χ1n) is 8.03. The summed E-state index contributed by atoms with van der Waals surface area (Å²) < 4.78 is 1.50. The summed E-state index contributed by atoms with van der Waals surface area (Å²) in [6.07, 6.45) is -1.71. The maximum Gasteiger partial charge on any atom is 0.410 e. The minimum Gasteiger partial charge on any atom is -0.465 e. The molecule has 0 aliphatic heterocycles. The van der Waals surface area contributed by atoms with Crippen molar-refractivity contribution in [3.8, 4) is 0 Å². The summed E-state index contributed by atoms with van der Waals surface area (Å²) in [5.74, 6) is 0.655. The highest BCUT2D eigenvalue weighted by atomic mass is 16.6. The Balaban J connectivity index is 1.86. The molecule has 0 aliphatic rings. The number of amides is 1. The molecular weight excluding hydrogens is 350 g/mol. The van der Waals surface area contributed by atoms with E-state index in [1.807, 2.05) is 30.3 Å². The largest absolute Gasteiger partial charge is 0.465 e. The third-order valence-corrected chi connectivity index (χ3v) is 3.60. The van der Waals surface area contributed by atoms with Crippen LogP contribution in [0.4, 0.5) is 10.6 Å². The van der Waals surface area contributed by atoms with Crippen LogP contribution in [0.25, 0.3) is 0 Å². The van der Waals surface area contributed by atoms with Gasteiger partial charge in [-0.05, 0) is 29.5 Å². The van der Waals surface area contributed by atoms with E-state index in [0.29, 0.717) is 17.2 Å². The first-order valence-corrected chi connectivity index (χ1v) is 8.03. The summed E-state index contributed by atoms with van der Waals surface area (Å²) in [6, 6.07) is 14.3. The standard InChI is InChI=1S/C17H17N7O3/c1-11(13-9-6-10-14(18-13)19-17(25)26)27-21-15(12-7-4-3-5-8-12)16-20-22-23-24(16)2/h3-11H,1-2H3,(H,18,19)(H,25,26). The SMILES string of the molecule is CC(ON=C(c1ccccc1)c1nnnn1C)c1cccc(NC(=O)O)n1. The topological polar surface area (TPSA) is 127 Å². The zero-order valence-electron chi connectivity index (χ0n) is 14.6. The Hall–Kier alpha value is -3.82. The molecule has 0 aliphatic carbocycles. The Morgan fingerprint density at radius 1 is 1.22 bits per heavy atom. The highest BCUT2D eigenvalue weighted by Crippen LogP contribution is 2.18. The molecule has 3 rings (SSSR count). The summed E-state index contributed by atoms with van der Waals surface area (Å²) in [5.41, 5.74) is 1.78. The van der Waals surface area contributed by atoms with Crippen molar-refractivity contribution in [1.29, 1.82) is 0 Å². The van der Waals surface area contributed by atoms with Crippen LogP contribution in [-0.4, -0.2) is 42.1 Å². The van der Waals surface area contributed by atoms with Crippen LogP contribution in [0.2, 0.25) is 0 Å². The van der Waals surface area contributed by atoms with E-state index in [0.717, 1.165) is 5.56 Å². The van der Waals surface area contributed by atoms with E-state index in [9.17, 15) is 4.79 Å². The number of benzene rings is 1. The van der Waals surface area contributed by atoms with Crippen molar-refractivity contribution in [2.24, 2.45) is 12.2 Å². The minimum atomic E-state index is -1.19. The van der Waals surface area contributed by atoms with Crippen LogP contribution in [0.15, 0.2) is 53.7 Å². The monoisotopic (exact) mass is 367 g/mol. The highest BCUT2D eigenvalue weighted by Gasteiger charge is 2.16. The van der Waals surface area contributed by atoms with Gasteiger partial charge >= 0.3 is 6.09 Å². The van der Waals surface area contributed by atoms with Crippen molar-refractivity contribution in [2.75, 3.05) is 5.32 Å². The Morgan fingerprint density at radius 3 is 2.67 bits per heavy atom. The van der Waals surface area contributed by atoms with E-state index in [-0.39, 0.29) is 5.82 Å². The number of rotatable bonds is 6. The van der Waals surface area contributed by atoms with Crippen LogP contribution >= 0.6 is 0 Å². The molecule has 0 saturated carbocycles. The number of nitrogens with zero attached hydrogens (tertiary/aromatic N) is 6. The van der Waals surface area contributed by atoms with Crippen LogP contribution in [0.5, 0.6) is 0 Å². The van der Waals surface area contributed by atoms with Gasteiger partial charge in [0, 0.05) is 12.6 Å². The van der Waals surface area contributed by atoms with Crippen molar-refractivity contribution in [3.63, 3.8) is 0 Å². The van der Waals surface area contributed by atoms with Gasteiger partial charge in [0.2, 0.25) is 5.82 Å². The molecule has 2 N–H and O–H groups in total. The first kappa shape index (κ1) is 18.0. The molecule has 0 fully saturated rings. The third-order valence-electron chi connectivity index (χ3n) is 3.60. The van der Waals surface area contributed by atoms with Gasteiger partial charge in [-0.3, -0.25) is 5.32 Å². The van der Waals surface area contributed by atoms with Crippen LogP contribution in [0, 0.1) is 0 Å². The van der Waals surface area contributed by atoms with E-state index < -0.39 is 12.2 Å². The molecule has 1 atom stereocenters. The molecule has 27 heavy (non-hydrogen) atoms. The number of anilines is 1. The second kappa shape index (κ2) is 8.04. The van der Waals surface area contributed by atoms with Crippen molar-refractivity contribution in [1.82, 2.24) is 25.2 Å². The van der Waals surface area contributed by atoms with Crippen LogP contribution in [0.3, 0.4) is 0 Å². The molecule has 1 unspecified atom stereocenters. The Labute approximate surface area is 154 Å². The predicted molar refractivity (Wildman–Crippen MR) is 96.3 cm³/mol. The van der Waals surface area contributed by atoms with Gasteiger partial charge in [-0.1, -0.05) is 41.6 Å². The zero-order chi connectivity index (χ0) is 19.2. The smallest absolute Gasteiger partial charge is 0.410 e. The molecule has 10 nitrogen and oxygen atoms in total. The number of carbonyl (C=O) groups is 1. The summed E-state index contributed by atoms with van der Waals surface area (Å²) in [6.45, 7) is 1.76. The van der Waals surface area contributed by atoms with Gasteiger partial charge in [0.05, 0.1) is 5.69 Å². The van der Waals surface area contributed by atoms with E-state index in [4.69, 9.17) is 9.94 Å². The third kappa shape index (κ3) is 4.42. The van der Waals surface area contributed by atoms with Crippen molar-refractivity contribution >= 4 is 17.6 Å². The minimum absolute atomic E-state index is 0.209. The zero-order valence-corrected chi connectivity index (χ0v) is 14.6. The Bertz CT molecular complexity index is 956. The lowest BCUT2D eigenvalue weighted by atomic mass is 10.1. The fourth-order valence-corrected chi connectivity index (χ4v) is 2.29. The summed E-state index contributed by atoms with van der Waals surface area (Å²) >= 11 is 0. The summed E-state index contributed by atoms with van der Waals surface area (Å²) in [4.78, 5) is 20.6. The van der Waals surface area contributed by atoms with Crippen molar-refractivity contribution in [3.05, 3.63) is 65.6 Å². The number of hydrogen-bond donors (Lipinski definition) is 2. The van der Waals surface area contributed by atoms with Crippen LogP contribution in [0.1, 0.15) is 30.1 Å². The maximum atomic E-state index is 10.8. The predicted octanol–water partition coefficient (Wildman–Crippen LogP) is 2.23. The van der Waals surface area contributed by atoms with Crippen LogP contribution < -0.4 is 5.32 Å². The van der Waals surface area contributed by atoms with Crippen molar-refractivity contribution in [2.45, 2.75) is 13.0 Å². The highest BCUT2D eigenvalue weighted by molar-refractivity contribution is 6.10. The molecular formula is C17H17N7O3. The fraction of sp³-hybridized carbons (Fsp3) is 0.176. The molecule has 3 aromatic rings. The number of oxime groups is 1. The summed E-state index contributed by atoms with van der Waals surface area (Å²) in [5, 5.41) is 26.7. The van der Waals surface area contributed by atoms with E-state index in [2.05, 4.69) is 31.0 Å². The molecule has 0 spiro atoms. The average Bonchev–Trinajstić information content (AvgIpc) is 3.08. The van der Waals surface area contributed by atoms with Crippen molar-refractivity contribution < 1.29 is 14.7 Å². The number of aromatic nitrogens is 5. The molecule has 2 aromatic heterocycles. The van der Waals surface area contributed by atoms with Gasteiger partial charge in [0.15, 0.2) is 11.8 Å². The van der Waals surface area contributed by atoms with Gasteiger partial charge in [-0.2, -0.15) is 0 Å². The first-order chi connectivity index (χ1) is 13.0. The second-order valence-corrected chi connectivity index (χ2v) is 5.56. The van der Waals surface area contributed by atoms with E-state index in [1.165, 1.54) is 4.68 Å². The van der Waals surface area contributed by atoms with Gasteiger partial charge in [0.25, 0.3) is 0 Å². The van der Waals surface area contributed by atoms with Crippen LogP contribution in [-0.2, 0) is 11.9 Å². The lowest BCUT2D eigenvalue weighted by Crippen LogP contribution is -2.13. The lowest BCUT2D eigenvalue weighted by Gasteiger charge is -2.12. The number of carboxylic acid groups (broad SMARTS) is 1. The van der Waals surface area contributed by atoms with E-state index >= 15 is 0 Å². The Morgan fingerprint density at radius 2 is 2.00 bits per heavy atom. The number of aryl methyl sites for hydroxylation is 1. The fourth-order valence-electron chi connectivity index (χ4n) is 2.29. The van der Waals surface area contributed by atoms with E-state index in [1.54, 1.807) is 32.2 Å². The molecule has 0 saturated heterocycles. The molecule has 1 aromatic carbocycles. The van der Waals surface area contributed by atoms with Gasteiger partial charge in [0.1, 0.15) is 5.82 Å². The number of hydrogen-bond acceptors (Lipinski definition) is 7. The quantitative estimate of drug-likeness (QED) is 0.505. The normalized spacial score (nSPS) is 12.4. The lowest BCUT2D eigenvalue weighted by molar-refractivity contribution is 0.0695. The molecule has 0 radical (unpaired) electrons. The molecule has 2 heterocycles. The number of nitrogens with one attached hydrogen (secondary N) is 1. The molecule has 10 heteroatoms. The van der Waals surface area contributed by atoms with Gasteiger partial charge < -0.3 is 9.94 Å². The second-order valence-electron chi connectivity index (χ2n) is 5.56. The summed E-state index contributed by atoms with van der Waals surface area (Å²) in [7, 11) is 1.71. The number of tetrazole rings is 1. The number of pyridine rings is 1. The molecule has 138 valence electrons.